The van der Waals surface area contributed by atoms with E-state index in [9.17, 15) is 0 Å². The van der Waals surface area contributed by atoms with Crippen molar-refractivity contribution in [3.8, 4) is 0 Å². The van der Waals surface area contributed by atoms with Crippen LogP contribution in [0.3, 0.4) is 0 Å². The topological polar surface area (TPSA) is 0 Å². The molecule has 1 radical (unpaired) electrons. The van der Waals surface area contributed by atoms with Gasteiger partial charge in [-0.25, -0.2) is 0 Å². The summed E-state index contributed by atoms with van der Waals surface area (Å²) in [5.74, 6) is 0. The molecule has 0 atom stereocenters. The Morgan fingerprint density at radius 2 is 1.27 bits per heavy atom. The van der Waals surface area contributed by atoms with Gasteiger partial charge < -0.3 is 13.8 Å². The largest absolute Gasteiger partial charge is 0.343 e. The summed E-state index contributed by atoms with van der Waals surface area (Å²) in [4.78, 5) is 0. The molecule has 0 N–H and O–H groups in total. The van der Waals surface area contributed by atoms with Crippen LogP contribution in [0.2, 0.25) is 0 Å². The van der Waals surface area contributed by atoms with Gasteiger partial charge in [0.05, 0.1) is 0 Å². The molecule has 0 aromatic heterocycles. The van der Waals surface area contributed by atoms with E-state index in [1.807, 2.05) is 0 Å². The fraction of sp³-hybridized carbons (Fsp3) is 0.800. The third-order valence-electron chi connectivity index (χ3n) is 1.21. The Hall–Kier alpha value is 1.10. The normalized spacial score (nSPS) is 7.64. The fourth-order valence-electron chi connectivity index (χ4n) is 0.427. The molecule has 0 saturated heterocycles. The zero-order valence-electron chi connectivity index (χ0n) is 8.23. The van der Waals surface area contributed by atoms with E-state index in [0.717, 1.165) is 12.8 Å². The zero-order valence-corrected chi connectivity index (χ0v) is 11.1. The number of unbranched alkanes of at least 4 members (excludes halogenated alkanes) is 4. The minimum atomic E-state index is 0. The van der Waals surface area contributed by atoms with Crippen LogP contribution in [0.1, 0.15) is 52.4 Å². The second kappa shape index (κ2) is 22.5. The summed E-state index contributed by atoms with van der Waals surface area (Å²) >= 11 is 0. The predicted octanol–water partition coefficient (Wildman–Crippen LogP) is 4.02. The van der Waals surface area contributed by atoms with Gasteiger partial charge in [-0.1, -0.05) is 39.5 Å². The summed E-state index contributed by atoms with van der Waals surface area (Å²) < 4.78 is 0. The minimum absolute atomic E-state index is 0. The smallest absolute Gasteiger partial charge is 0 e. The van der Waals surface area contributed by atoms with E-state index in [-0.39, 0.29) is 32.7 Å². The molecule has 0 nitrogen and oxygen atoms in total. The molecule has 0 saturated carbocycles. The van der Waals surface area contributed by atoms with Crippen LogP contribution in [0.5, 0.6) is 0 Å². The van der Waals surface area contributed by atoms with E-state index in [4.69, 9.17) is 0 Å². The zero-order chi connectivity index (χ0) is 8.24. The van der Waals surface area contributed by atoms with Gasteiger partial charge in [-0.15, -0.1) is 0 Å². The molecule has 11 heavy (non-hydrogen) atoms. The molecule has 0 aliphatic carbocycles. The number of hydrogen-bond donors (Lipinski definition) is 0. The molecule has 0 aromatic carbocycles. The maximum atomic E-state index is 3.72. The van der Waals surface area contributed by atoms with Gasteiger partial charge >= 0.3 is 0 Å². The van der Waals surface area contributed by atoms with Crippen LogP contribution < -0.4 is 0 Å². The second-order valence-corrected chi connectivity index (χ2v) is 2.41. The van der Waals surface area contributed by atoms with Gasteiger partial charge in [0.15, 0.2) is 0 Å². The van der Waals surface area contributed by atoms with Crippen molar-refractivity contribution in [3.05, 3.63) is 13.8 Å². The van der Waals surface area contributed by atoms with E-state index in [1.165, 1.54) is 25.7 Å². The van der Waals surface area contributed by atoms with Gasteiger partial charge in [-0.3, -0.25) is 0 Å². The first-order valence-electron chi connectivity index (χ1n) is 4.41. The first-order valence-corrected chi connectivity index (χ1v) is 4.41. The second-order valence-electron chi connectivity index (χ2n) is 2.41. The van der Waals surface area contributed by atoms with Gasteiger partial charge in [-0.2, -0.15) is 12.8 Å². The average molecular weight is 231 g/mol. The van der Waals surface area contributed by atoms with Crippen LogP contribution in [0.25, 0.3) is 0 Å². The maximum Gasteiger partial charge on any atom is 0 e. The maximum absolute atomic E-state index is 3.72. The van der Waals surface area contributed by atoms with Crippen LogP contribution in [0.4, 0.5) is 0 Å². The van der Waals surface area contributed by atoms with Crippen LogP contribution in [0.15, 0.2) is 0 Å². The Balaban J connectivity index is -0.000000114. The van der Waals surface area contributed by atoms with Gasteiger partial charge in [0.2, 0.25) is 0 Å². The first-order chi connectivity index (χ1) is 4.83. The molecule has 0 heterocycles. The molecule has 0 unspecified atom stereocenters. The van der Waals surface area contributed by atoms with Gasteiger partial charge in [-0.05, 0) is 0 Å². The third-order valence-corrected chi connectivity index (χ3v) is 1.21. The van der Waals surface area contributed by atoms with E-state index in [2.05, 4.69) is 27.7 Å². The molecule has 0 spiro atoms. The van der Waals surface area contributed by atoms with Gasteiger partial charge in [0.25, 0.3) is 0 Å². The van der Waals surface area contributed by atoms with Crippen molar-refractivity contribution in [3.63, 3.8) is 0 Å². The van der Waals surface area contributed by atoms with Crippen molar-refractivity contribution < 1.29 is 32.7 Å². The molecule has 0 aromatic rings. The van der Waals surface area contributed by atoms with Crippen molar-refractivity contribution in [2.24, 2.45) is 0 Å². The Kier molecular flexibility index (Phi) is 36.8. The minimum Gasteiger partial charge on any atom is -0.343 e. The van der Waals surface area contributed by atoms with Gasteiger partial charge in [0, 0.05) is 32.7 Å². The Morgan fingerprint density at radius 1 is 0.818 bits per heavy atom. The Bertz CT molecular complexity index is 29.9. The molecule has 0 rings (SSSR count). The first kappa shape index (κ1) is 18.0. The Labute approximate surface area is 98.4 Å². The molecule has 0 bridgehead atoms. The van der Waals surface area contributed by atoms with Crippen LogP contribution >= 0.6 is 0 Å². The van der Waals surface area contributed by atoms with Crippen molar-refractivity contribution >= 4 is 0 Å². The van der Waals surface area contributed by atoms with Crippen molar-refractivity contribution in [1.82, 2.24) is 0 Å². The molecule has 1 heteroatoms. The van der Waals surface area contributed by atoms with E-state index in [0.29, 0.717) is 0 Å². The molecule has 0 aliphatic rings. The predicted molar refractivity (Wildman–Crippen MR) is 49.8 cm³/mol. The van der Waals surface area contributed by atoms with Crippen LogP contribution in [-0.4, -0.2) is 0 Å². The van der Waals surface area contributed by atoms with Crippen molar-refractivity contribution in [2.45, 2.75) is 52.4 Å². The summed E-state index contributed by atoms with van der Waals surface area (Å²) in [6, 6.07) is 0. The molecular formula is C10H22Y-2. The summed E-state index contributed by atoms with van der Waals surface area (Å²) in [7, 11) is 0. The number of hydrogen-bond acceptors (Lipinski definition) is 0. The van der Waals surface area contributed by atoms with E-state index < -0.39 is 0 Å². The molecule has 67 valence electrons. The molecular weight excluding hydrogens is 209 g/mol. The Morgan fingerprint density at radius 3 is 1.36 bits per heavy atom. The van der Waals surface area contributed by atoms with Gasteiger partial charge in [0.1, 0.15) is 0 Å². The average Bonchev–Trinajstić information content (AvgIpc) is 2.01. The quantitative estimate of drug-likeness (QED) is 0.506. The SMILES string of the molecule is [CH2-]CCC.[CH2-]CCCCC.[Y]. The van der Waals surface area contributed by atoms with Crippen LogP contribution in [-0.2, 0) is 32.7 Å². The number of rotatable bonds is 4. The summed E-state index contributed by atoms with van der Waals surface area (Å²) in [5.41, 5.74) is 0. The van der Waals surface area contributed by atoms with Crippen molar-refractivity contribution in [2.75, 3.05) is 0 Å². The summed E-state index contributed by atoms with van der Waals surface area (Å²) in [5, 5.41) is 0. The third kappa shape index (κ3) is 35.3. The standard InChI is InChI=1S/C6H13.C4H9.Y/c1-3-5-6-4-2;1-3-4-2;/h1,3-6H2,2H3;1,3-4H2,2H3;/q2*-1;. The molecule has 0 amide bonds. The van der Waals surface area contributed by atoms with Crippen LogP contribution in [0, 0.1) is 13.8 Å². The van der Waals surface area contributed by atoms with E-state index >= 15 is 0 Å². The summed E-state index contributed by atoms with van der Waals surface area (Å²) in [6.07, 6.45) is 7.35. The molecule has 0 aliphatic heterocycles. The van der Waals surface area contributed by atoms with E-state index in [1.54, 1.807) is 0 Å². The fourth-order valence-corrected chi connectivity index (χ4v) is 0.427. The molecule has 0 fully saturated rings. The summed E-state index contributed by atoms with van der Waals surface area (Å²) in [6.45, 7) is 11.6. The monoisotopic (exact) mass is 231 g/mol. The van der Waals surface area contributed by atoms with Crippen molar-refractivity contribution in [1.29, 1.82) is 0 Å².